The molecule has 0 atom stereocenters. The maximum absolute atomic E-state index is 12.7. The molecule has 0 radical (unpaired) electrons. The molecule has 28 heavy (non-hydrogen) atoms. The second-order valence-electron chi connectivity index (χ2n) is 6.52. The van der Waals surface area contributed by atoms with Gasteiger partial charge in [-0.3, -0.25) is 4.79 Å². The molecule has 146 valence electrons. The van der Waals surface area contributed by atoms with Crippen LogP contribution in [0.15, 0.2) is 54.6 Å². The van der Waals surface area contributed by atoms with Crippen molar-refractivity contribution in [3.8, 4) is 28.4 Å². The summed E-state index contributed by atoms with van der Waals surface area (Å²) in [6.45, 7) is 4.64. The van der Waals surface area contributed by atoms with Crippen molar-refractivity contribution in [1.82, 2.24) is 9.88 Å². The number of aromatic nitrogens is 1. The van der Waals surface area contributed by atoms with Crippen LogP contribution < -0.4 is 14.8 Å². The highest BCUT2D eigenvalue weighted by atomic mass is 16.5. The van der Waals surface area contributed by atoms with Crippen LogP contribution in [-0.2, 0) is 0 Å². The number of rotatable bonds is 7. The Bertz CT molecular complexity index is 961. The minimum absolute atomic E-state index is 0.0669. The van der Waals surface area contributed by atoms with Crippen LogP contribution in [0.5, 0.6) is 11.5 Å². The summed E-state index contributed by atoms with van der Waals surface area (Å²) in [7, 11) is 3.26. The molecule has 5 nitrogen and oxygen atoms in total. The van der Waals surface area contributed by atoms with Gasteiger partial charge in [0.05, 0.1) is 31.2 Å². The van der Waals surface area contributed by atoms with Gasteiger partial charge in [0, 0.05) is 18.3 Å². The summed E-state index contributed by atoms with van der Waals surface area (Å²) in [5.74, 6) is 1.33. The van der Waals surface area contributed by atoms with E-state index in [-0.39, 0.29) is 5.91 Å². The maximum Gasteiger partial charge on any atom is 0.253 e. The Kier molecular flexibility index (Phi) is 6.04. The SMILES string of the molecule is CCCNC(=O)c1cc(-c2ccccc2)n(-c2ccc(OC)cc2OC)c1C. The highest BCUT2D eigenvalue weighted by Gasteiger charge is 2.21. The van der Waals surface area contributed by atoms with Gasteiger partial charge in [0.1, 0.15) is 11.5 Å². The Labute approximate surface area is 165 Å². The van der Waals surface area contributed by atoms with E-state index in [4.69, 9.17) is 9.47 Å². The smallest absolute Gasteiger partial charge is 0.253 e. The third-order valence-corrected chi connectivity index (χ3v) is 4.72. The van der Waals surface area contributed by atoms with Crippen LogP contribution in [-0.4, -0.2) is 31.2 Å². The van der Waals surface area contributed by atoms with Crippen molar-refractivity contribution in [2.75, 3.05) is 20.8 Å². The number of hydrogen-bond donors (Lipinski definition) is 1. The first-order valence-electron chi connectivity index (χ1n) is 9.39. The molecule has 0 saturated carbocycles. The lowest BCUT2D eigenvalue weighted by Crippen LogP contribution is -2.24. The van der Waals surface area contributed by atoms with Crippen molar-refractivity contribution in [2.45, 2.75) is 20.3 Å². The normalized spacial score (nSPS) is 10.6. The molecule has 5 heteroatoms. The van der Waals surface area contributed by atoms with Crippen LogP contribution in [0, 0.1) is 6.92 Å². The van der Waals surface area contributed by atoms with Crippen molar-refractivity contribution in [3.63, 3.8) is 0 Å². The first-order valence-corrected chi connectivity index (χ1v) is 9.39. The first kappa shape index (κ1) is 19.5. The van der Waals surface area contributed by atoms with E-state index in [1.54, 1.807) is 14.2 Å². The first-order chi connectivity index (χ1) is 13.6. The predicted octanol–water partition coefficient (Wildman–Crippen LogP) is 4.61. The number of amides is 1. The van der Waals surface area contributed by atoms with Crippen LogP contribution >= 0.6 is 0 Å². The molecule has 1 heterocycles. The molecular formula is C23H26N2O3. The molecule has 1 amide bonds. The molecule has 0 aliphatic rings. The van der Waals surface area contributed by atoms with E-state index in [1.165, 1.54) is 0 Å². The fraction of sp³-hybridized carbons (Fsp3) is 0.261. The molecular weight excluding hydrogens is 352 g/mol. The third kappa shape index (κ3) is 3.74. The number of nitrogens with one attached hydrogen (secondary N) is 1. The molecule has 0 fully saturated rings. The minimum Gasteiger partial charge on any atom is -0.497 e. The lowest BCUT2D eigenvalue weighted by molar-refractivity contribution is 0.0953. The van der Waals surface area contributed by atoms with Crippen molar-refractivity contribution in [1.29, 1.82) is 0 Å². The second kappa shape index (κ2) is 8.65. The molecule has 3 aromatic rings. The average molecular weight is 378 g/mol. The maximum atomic E-state index is 12.7. The highest BCUT2D eigenvalue weighted by molar-refractivity contribution is 5.97. The van der Waals surface area contributed by atoms with Gasteiger partial charge in [-0.25, -0.2) is 0 Å². The number of carbonyl (C=O) groups excluding carboxylic acids is 1. The van der Waals surface area contributed by atoms with Gasteiger partial charge in [0.15, 0.2) is 0 Å². The van der Waals surface area contributed by atoms with Crippen LogP contribution in [0.2, 0.25) is 0 Å². The predicted molar refractivity (Wildman–Crippen MR) is 112 cm³/mol. The lowest BCUT2D eigenvalue weighted by Gasteiger charge is -2.16. The number of benzene rings is 2. The Morgan fingerprint density at radius 3 is 2.43 bits per heavy atom. The summed E-state index contributed by atoms with van der Waals surface area (Å²) in [5.41, 5.74) is 4.33. The largest absolute Gasteiger partial charge is 0.497 e. The lowest BCUT2D eigenvalue weighted by atomic mass is 10.1. The quantitative estimate of drug-likeness (QED) is 0.653. The highest BCUT2D eigenvalue weighted by Crippen LogP contribution is 2.35. The monoisotopic (exact) mass is 378 g/mol. The number of nitrogens with zero attached hydrogens (tertiary/aromatic N) is 1. The van der Waals surface area contributed by atoms with E-state index >= 15 is 0 Å². The molecule has 1 aromatic heterocycles. The van der Waals surface area contributed by atoms with Gasteiger partial charge in [-0.1, -0.05) is 37.3 Å². The van der Waals surface area contributed by atoms with Gasteiger partial charge < -0.3 is 19.4 Å². The van der Waals surface area contributed by atoms with E-state index < -0.39 is 0 Å². The van der Waals surface area contributed by atoms with Gasteiger partial charge in [0.2, 0.25) is 0 Å². The van der Waals surface area contributed by atoms with Gasteiger partial charge in [-0.2, -0.15) is 0 Å². The summed E-state index contributed by atoms with van der Waals surface area (Å²) in [4.78, 5) is 12.7. The van der Waals surface area contributed by atoms with E-state index in [1.807, 2.05) is 68.4 Å². The topological polar surface area (TPSA) is 52.5 Å². The zero-order valence-electron chi connectivity index (χ0n) is 16.8. The standard InChI is InChI=1S/C23H26N2O3/c1-5-13-24-23(26)19-15-21(17-9-7-6-8-10-17)25(16(19)2)20-12-11-18(27-3)14-22(20)28-4/h6-12,14-15H,5,13H2,1-4H3,(H,24,26). The molecule has 0 saturated heterocycles. The van der Waals surface area contributed by atoms with Gasteiger partial charge in [0.25, 0.3) is 5.91 Å². The van der Waals surface area contributed by atoms with Crippen LogP contribution in [0.4, 0.5) is 0 Å². The zero-order valence-corrected chi connectivity index (χ0v) is 16.8. The molecule has 1 N–H and O–H groups in total. The molecule has 0 aliphatic carbocycles. The van der Waals surface area contributed by atoms with Gasteiger partial charge in [-0.15, -0.1) is 0 Å². The zero-order chi connectivity index (χ0) is 20.1. The summed E-state index contributed by atoms with van der Waals surface area (Å²) < 4.78 is 13.0. The number of ether oxygens (including phenoxy) is 2. The number of methoxy groups -OCH3 is 2. The van der Waals surface area contributed by atoms with Gasteiger partial charge >= 0.3 is 0 Å². The van der Waals surface area contributed by atoms with E-state index in [2.05, 4.69) is 9.88 Å². The van der Waals surface area contributed by atoms with Crippen LogP contribution in [0.3, 0.4) is 0 Å². The van der Waals surface area contributed by atoms with E-state index in [9.17, 15) is 4.79 Å². The second-order valence-corrected chi connectivity index (χ2v) is 6.52. The fourth-order valence-electron chi connectivity index (χ4n) is 3.27. The number of hydrogen-bond acceptors (Lipinski definition) is 3. The number of carbonyl (C=O) groups is 1. The van der Waals surface area contributed by atoms with E-state index in [0.29, 0.717) is 23.6 Å². The van der Waals surface area contributed by atoms with Crippen molar-refractivity contribution >= 4 is 5.91 Å². The van der Waals surface area contributed by atoms with Crippen molar-refractivity contribution in [3.05, 3.63) is 65.9 Å². The Morgan fingerprint density at radius 1 is 1.04 bits per heavy atom. The summed E-state index contributed by atoms with van der Waals surface area (Å²) in [6.07, 6.45) is 0.892. The van der Waals surface area contributed by atoms with Crippen LogP contribution in [0.25, 0.3) is 16.9 Å². The van der Waals surface area contributed by atoms with Gasteiger partial charge in [-0.05, 0) is 37.1 Å². The van der Waals surface area contributed by atoms with Crippen molar-refractivity contribution in [2.24, 2.45) is 0 Å². The summed E-state index contributed by atoms with van der Waals surface area (Å²) in [6, 6.07) is 17.7. The van der Waals surface area contributed by atoms with E-state index in [0.717, 1.165) is 29.1 Å². The molecule has 0 bridgehead atoms. The molecule has 0 unspecified atom stereocenters. The Morgan fingerprint density at radius 2 is 1.79 bits per heavy atom. The minimum atomic E-state index is -0.0669. The summed E-state index contributed by atoms with van der Waals surface area (Å²) >= 11 is 0. The average Bonchev–Trinajstić information content (AvgIpc) is 3.09. The molecule has 2 aromatic carbocycles. The van der Waals surface area contributed by atoms with Crippen LogP contribution in [0.1, 0.15) is 29.4 Å². The molecule has 0 aliphatic heterocycles. The molecule has 0 spiro atoms. The third-order valence-electron chi connectivity index (χ3n) is 4.72. The summed E-state index contributed by atoms with van der Waals surface area (Å²) in [5, 5.41) is 2.98. The molecule has 3 rings (SSSR count). The fourth-order valence-corrected chi connectivity index (χ4v) is 3.27. The van der Waals surface area contributed by atoms with Crippen molar-refractivity contribution < 1.29 is 14.3 Å². The Hall–Kier alpha value is -3.21. The Balaban J connectivity index is 2.22.